The van der Waals surface area contributed by atoms with Crippen molar-refractivity contribution in [2.75, 3.05) is 5.32 Å². The number of hydrogen-bond donors (Lipinski definition) is 1. The van der Waals surface area contributed by atoms with Crippen LogP contribution in [0.4, 0.5) is 14.5 Å². The van der Waals surface area contributed by atoms with Gasteiger partial charge in [-0.3, -0.25) is 9.78 Å². The number of carbonyl (C=O) groups is 1. The third-order valence-electron chi connectivity index (χ3n) is 3.07. The van der Waals surface area contributed by atoms with E-state index in [2.05, 4.69) is 10.3 Å². The molecule has 1 aromatic heterocycles. The molecule has 21 heavy (non-hydrogen) atoms. The molecule has 0 aliphatic heterocycles. The average Bonchev–Trinajstić information content (AvgIpc) is 2.50. The second-order valence-electron chi connectivity index (χ2n) is 4.45. The molecule has 0 spiro atoms. The fourth-order valence-corrected chi connectivity index (χ4v) is 2.07. The second-order valence-corrected chi connectivity index (χ2v) is 4.45. The molecule has 0 saturated carbocycles. The van der Waals surface area contributed by atoms with E-state index in [0.29, 0.717) is 11.2 Å². The van der Waals surface area contributed by atoms with Crippen LogP contribution in [-0.4, -0.2) is 10.9 Å². The molecule has 3 nitrogen and oxygen atoms in total. The zero-order chi connectivity index (χ0) is 14.8. The average molecular weight is 284 g/mol. The zero-order valence-corrected chi connectivity index (χ0v) is 10.8. The Hall–Kier alpha value is -2.82. The maximum atomic E-state index is 13.6. The Morgan fingerprint density at radius 3 is 2.76 bits per heavy atom. The van der Waals surface area contributed by atoms with E-state index in [9.17, 15) is 13.6 Å². The number of rotatable bonds is 2. The van der Waals surface area contributed by atoms with Crippen LogP contribution in [0, 0.1) is 11.6 Å². The van der Waals surface area contributed by atoms with E-state index in [1.165, 1.54) is 0 Å². The number of carbonyl (C=O) groups excluding carboxylic acids is 1. The summed E-state index contributed by atoms with van der Waals surface area (Å²) in [6, 6.07) is 11.5. The van der Waals surface area contributed by atoms with Gasteiger partial charge < -0.3 is 5.32 Å². The standard InChI is InChI=1S/C16H10F2N2O/c17-10-6-7-13(18)12(9-10)16(21)20-15-5-1-4-14-11(15)3-2-8-19-14/h1-9H,(H,20,21). The Kier molecular flexibility index (Phi) is 3.31. The molecule has 104 valence electrons. The molecule has 0 unspecified atom stereocenters. The molecule has 2 aromatic carbocycles. The quantitative estimate of drug-likeness (QED) is 0.778. The lowest BCUT2D eigenvalue weighted by molar-refractivity contribution is 0.102. The lowest BCUT2D eigenvalue weighted by Gasteiger charge is -2.09. The molecule has 1 heterocycles. The zero-order valence-electron chi connectivity index (χ0n) is 10.8. The van der Waals surface area contributed by atoms with Crippen LogP contribution in [0.2, 0.25) is 0 Å². The normalized spacial score (nSPS) is 10.6. The van der Waals surface area contributed by atoms with Crippen molar-refractivity contribution >= 4 is 22.5 Å². The van der Waals surface area contributed by atoms with E-state index in [1.807, 2.05) is 0 Å². The molecule has 3 rings (SSSR count). The molecule has 0 saturated heterocycles. The van der Waals surface area contributed by atoms with E-state index in [-0.39, 0.29) is 5.56 Å². The fourth-order valence-electron chi connectivity index (χ4n) is 2.07. The van der Waals surface area contributed by atoms with Crippen LogP contribution in [-0.2, 0) is 0 Å². The summed E-state index contributed by atoms with van der Waals surface area (Å²) in [5.41, 5.74) is 0.861. The first-order valence-corrected chi connectivity index (χ1v) is 6.25. The summed E-state index contributed by atoms with van der Waals surface area (Å²) >= 11 is 0. The summed E-state index contributed by atoms with van der Waals surface area (Å²) in [4.78, 5) is 16.3. The van der Waals surface area contributed by atoms with Crippen LogP contribution in [0.25, 0.3) is 10.9 Å². The number of nitrogens with zero attached hydrogens (tertiary/aromatic N) is 1. The summed E-state index contributed by atoms with van der Waals surface area (Å²) in [6.45, 7) is 0. The van der Waals surface area contributed by atoms with Gasteiger partial charge in [-0.05, 0) is 42.5 Å². The molecule has 3 aromatic rings. The van der Waals surface area contributed by atoms with Crippen LogP contribution in [0.5, 0.6) is 0 Å². The van der Waals surface area contributed by atoms with E-state index in [4.69, 9.17) is 0 Å². The number of pyridine rings is 1. The molecular formula is C16H10F2N2O. The van der Waals surface area contributed by atoms with Gasteiger partial charge in [0.15, 0.2) is 0 Å². The predicted octanol–water partition coefficient (Wildman–Crippen LogP) is 3.77. The fraction of sp³-hybridized carbons (Fsp3) is 0. The number of aromatic nitrogens is 1. The molecule has 0 bridgehead atoms. The predicted molar refractivity (Wildman–Crippen MR) is 76.1 cm³/mol. The minimum atomic E-state index is -0.771. The first-order chi connectivity index (χ1) is 10.1. The van der Waals surface area contributed by atoms with Crippen LogP contribution in [0.1, 0.15) is 10.4 Å². The summed E-state index contributed by atoms with van der Waals surface area (Å²) in [7, 11) is 0. The van der Waals surface area contributed by atoms with Crippen molar-refractivity contribution in [3.63, 3.8) is 0 Å². The number of nitrogens with one attached hydrogen (secondary N) is 1. The minimum Gasteiger partial charge on any atom is -0.321 e. The van der Waals surface area contributed by atoms with Crippen LogP contribution in [0.3, 0.4) is 0 Å². The molecule has 0 fully saturated rings. The summed E-state index contributed by atoms with van der Waals surface area (Å²) in [5.74, 6) is -2.14. The molecule has 1 amide bonds. The lowest BCUT2D eigenvalue weighted by Crippen LogP contribution is -2.14. The highest BCUT2D eigenvalue weighted by Gasteiger charge is 2.14. The van der Waals surface area contributed by atoms with Crippen molar-refractivity contribution in [1.82, 2.24) is 4.98 Å². The van der Waals surface area contributed by atoms with Gasteiger partial charge in [0.25, 0.3) is 5.91 Å². The highest BCUT2D eigenvalue weighted by Crippen LogP contribution is 2.22. The van der Waals surface area contributed by atoms with Crippen molar-refractivity contribution in [2.24, 2.45) is 0 Å². The third-order valence-corrected chi connectivity index (χ3v) is 3.07. The highest BCUT2D eigenvalue weighted by molar-refractivity contribution is 6.08. The first-order valence-electron chi connectivity index (χ1n) is 6.25. The van der Waals surface area contributed by atoms with Crippen LogP contribution < -0.4 is 5.32 Å². The van der Waals surface area contributed by atoms with E-state index >= 15 is 0 Å². The molecule has 1 N–H and O–H groups in total. The van der Waals surface area contributed by atoms with Gasteiger partial charge in [-0.15, -0.1) is 0 Å². The smallest absolute Gasteiger partial charge is 0.258 e. The monoisotopic (exact) mass is 284 g/mol. The van der Waals surface area contributed by atoms with Gasteiger partial charge in [-0.1, -0.05) is 6.07 Å². The number of amides is 1. The Labute approximate surface area is 119 Å². The van der Waals surface area contributed by atoms with Crippen LogP contribution in [0.15, 0.2) is 54.7 Å². The number of hydrogen-bond acceptors (Lipinski definition) is 2. The van der Waals surface area contributed by atoms with Gasteiger partial charge in [0.2, 0.25) is 0 Å². The van der Waals surface area contributed by atoms with E-state index in [0.717, 1.165) is 23.6 Å². The van der Waals surface area contributed by atoms with Crippen molar-refractivity contribution in [2.45, 2.75) is 0 Å². The molecule has 0 aliphatic carbocycles. The first kappa shape index (κ1) is 13.2. The Morgan fingerprint density at radius 2 is 1.90 bits per heavy atom. The Bertz CT molecular complexity index is 828. The van der Waals surface area contributed by atoms with Gasteiger partial charge in [-0.25, -0.2) is 8.78 Å². The minimum absolute atomic E-state index is 0.337. The van der Waals surface area contributed by atoms with Crippen molar-refractivity contribution in [3.8, 4) is 0 Å². The van der Waals surface area contributed by atoms with Gasteiger partial charge in [0.1, 0.15) is 11.6 Å². The number of halogens is 2. The topological polar surface area (TPSA) is 42.0 Å². The van der Waals surface area contributed by atoms with Gasteiger partial charge in [-0.2, -0.15) is 0 Å². The van der Waals surface area contributed by atoms with Gasteiger partial charge >= 0.3 is 0 Å². The molecule has 0 aliphatic rings. The molecule has 0 radical (unpaired) electrons. The highest BCUT2D eigenvalue weighted by atomic mass is 19.1. The molecule has 5 heteroatoms. The van der Waals surface area contributed by atoms with Crippen LogP contribution >= 0.6 is 0 Å². The number of benzene rings is 2. The van der Waals surface area contributed by atoms with Gasteiger partial charge in [0, 0.05) is 11.6 Å². The Balaban J connectivity index is 1.99. The maximum Gasteiger partial charge on any atom is 0.258 e. The summed E-state index contributed by atoms with van der Waals surface area (Å²) in [5, 5.41) is 3.31. The second kappa shape index (κ2) is 5.28. The largest absolute Gasteiger partial charge is 0.321 e. The van der Waals surface area contributed by atoms with Gasteiger partial charge in [0.05, 0.1) is 16.8 Å². The molecule has 0 atom stereocenters. The SMILES string of the molecule is O=C(Nc1cccc2ncccc12)c1cc(F)ccc1F. The van der Waals surface area contributed by atoms with Crippen molar-refractivity contribution in [1.29, 1.82) is 0 Å². The summed E-state index contributed by atoms with van der Waals surface area (Å²) in [6.07, 6.45) is 1.64. The third kappa shape index (κ3) is 2.58. The van der Waals surface area contributed by atoms with Crippen molar-refractivity contribution in [3.05, 3.63) is 71.9 Å². The van der Waals surface area contributed by atoms with E-state index < -0.39 is 17.5 Å². The van der Waals surface area contributed by atoms with Crippen molar-refractivity contribution < 1.29 is 13.6 Å². The molecular weight excluding hydrogens is 274 g/mol. The lowest BCUT2D eigenvalue weighted by atomic mass is 10.1. The number of anilines is 1. The van der Waals surface area contributed by atoms with E-state index in [1.54, 1.807) is 36.5 Å². The number of fused-ring (bicyclic) bond motifs is 1. The summed E-state index contributed by atoms with van der Waals surface area (Å²) < 4.78 is 26.7. The maximum absolute atomic E-state index is 13.6. The Morgan fingerprint density at radius 1 is 1.05 bits per heavy atom.